The Morgan fingerprint density at radius 2 is 1.29 bits per heavy atom. The van der Waals surface area contributed by atoms with E-state index in [0.717, 1.165) is 0 Å². The highest BCUT2D eigenvalue weighted by atomic mass is 19.4. The van der Waals surface area contributed by atoms with Gasteiger partial charge in [-0.15, -0.1) is 0 Å². The van der Waals surface area contributed by atoms with Gasteiger partial charge in [-0.2, -0.15) is 26.3 Å². The van der Waals surface area contributed by atoms with Crippen molar-refractivity contribution in [3.05, 3.63) is 0 Å². The fourth-order valence-corrected chi connectivity index (χ4v) is 1.38. The molecule has 1 unspecified atom stereocenters. The molecule has 2 N–H and O–H groups in total. The van der Waals surface area contributed by atoms with Crippen molar-refractivity contribution in [2.75, 3.05) is 0 Å². The molecule has 0 spiro atoms. The Balaban J connectivity index is 2.81. The molecule has 1 atom stereocenters. The van der Waals surface area contributed by atoms with Crippen LogP contribution in [0.3, 0.4) is 0 Å². The highest BCUT2D eigenvalue weighted by molar-refractivity contribution is 4.94. The van der Waals surface area contributed by atoms with Gasteiger partial charge in [0.25, 0.3) is 0 Å². The largest absolute Gasteiger partial charge is 0.402 e. The lowest BCUT2D eigenvalue weighted by atomic mass is 9.95. The van der Waals surface area contributed by atoms with Crippen molar-refractivity contribution < 1.29 is 26.3 Å². The summed E-state index contributed by atoms with van der Waals surface area (Å²) in [5.74, 6) is -4.02. The van der Waals surface area contributed by atoms with E-state index in [1.165, 1.54) is 0 Å². The third-order valence-corrected chi connectivity index (χ3v) is 2.26. The van der Waals surface area contributed by atoms with Gasteiger partial charge in [0.15, 0.2) is 5.92 Å². The third kappa shape index (κ3) is 2.52. The predicted molar refractivity (Wildman–Crippen MR) is 36.3 cm³/mol. The van der Waals surface area contributed by atoms with Crippen LogP contribution in [0.4, 0.5) is 26.3 Å². The Kier molecular flexibility index (Phi) is 2.73. The van der Waals surface area contributed by atoms with E-state index >= 15 is 0 Å². The molecule has 0 aromatic heterocycles. The zero-order chi connectivity index (χ0) is 11.1. The van der Waals surface area contributed by atoms with Gasteiger partial charge in [0.1, 0.15) is 0 Å². The van der Waals surface area contributed by atoms with Crippen molar-refractivity contribution in [1.29, 1.82) is 0 Å². The zero-order valence-electron chi connectivity index (χ0n) is 6.99. The molecule has 0 heterocycles. The number of hydrogen-bond donors (Lipinski definition) is 1. The number of rotatable bonds is 2. The molecule has 7 heteroatoms. The van der Waals surface area contributed by atoms with E-state index in [2.05, 4.69) is 0 Å². The summed E-state index contributed by atoms with van der Waals surface area (Å²) in [6, 6.07) is -1.85. The van der Waals surface area contributed by atoms with Crippen LogP contribution in [0.15, 0.2) is 0 Å². The van der Waals surface area contributed by atoms with E-state index in [9.17, 15) is 26.3 Å². The lowest BCUT2D eigenvalue weighted by Gasteiger charge is -2.28. The molecular weight excluding hydrogens is 212 g/mol. The second-order valence-electron chi connectivity index (χ2n) is 3.48. The van der Waals surface area contributed by atoms with Crippen molar-refractivity contribution >= 4 is 0 Å². The molecule has 0 amide bonds. The molecule has 0 saturated heterocycles. The van der Waals surface area contributed by atoms with Crippen molar-refractivity contribution in [3.8, 4) is 0 Å². The van der Waals surface area contributed by atoms with E-state index in [1.807, 2.05) is 0 Å². The average Bonchev–Trinajstić information content (AvgIpc) is 2.57. The maximum atomic E-state index is 12.1. The molecule has 14 heavy (non-hydrogen) atoms. The summed E-state index contributed by atoms with van der Waals surface area (Å²) in [6.07, 6.45) is -9.91. The van der Waals surface area contributed by atoms with Gasteiger partial charge in [-0.05, 0) is 18.8 Å². The minimum atomic E-state index is -5.31. The first-order chi connectivity index (χ1) is 6.14. The van der Waals surface area contributed by atoms with Crippen molar-refractivity contribution in [3.63, 3.8) is 0 Å². The van der Waals surface area contributed by atoms with E-state index < -0.39 is 30.2 Å². The molecule has 1 saturated carbocycles. The molecule has 1 fully saturated rings. The van der Waals surface area contributed by atoms with E-state index in [4.69, 9.17) is 5.73 Å². The predicted octanol–water partition coefficient (Wildman–Crippen LogP) is 2.46. The van der Waals surface area contributed by atoms with Crippen LogP contribution in [0.1, 0.15) is 12.8 Å². The van der Waals surface area contributed by atoms with Gasteiger partial charge < -0.3 is 5.73 Å². The van der Waals surface area contributed by atoms with Gasteiger partial charge in [0.2, 0.25) is 0 Å². The Bertz CT molecular complexity index is 189. The molecule has 1 aliphatic rings. The zero-order valence-corrected chi connectivity index (χ0v) is 6.99. The Morgan fingerprint density at radius 3 is 1.50 bits per heavy atom. The fourth-order valence-electron chi connectivity index (χ4n) is 1.38. The highest BCUT2D eigenvalue weighted by Gasteiger charge is 2.61. The van der Waals surface area contributed by atoms with Gasteiger partial charge in [-0.1, -0.05) is 0 Å². The smallest absolute Gasteiger partial charge is 0.327 e. The maximum Gasteiger partial charge on any atom is 0.402 e. The Labute approximate surface area is 76.3 Å². The second-order valence-corrected chi connectivity index (χ2v) is 3.48. The summed E-state index contributed by atoms with van der Waals surface area (Å²) >= 11 is 0. The van der Waals surface area contributed by atoms with Crippen LogP contribution in [0.25, 0.3) is 0 Å². The van der Waals surface area contributed by atoms with Crippen molar-refractivity contribution in [1.82, 2.24) is 0 Å². The van der Waals surface area contributed by atoms with Crippen molar-refractivity contribution in [2.45, 2.75) is 31.2 Å². The van der Waals surface area contributed by atoms with Gasteiger partial charge in [-0.25, -0.2) is 0 Å². The summed E-state index contributed by atoms with van der Waals surface area (Å²) in [6.45, 7) is 0. The lowest BCUT2D eigenvalue weighted by Crippen LogP contribution is -2.49. The summed E-state index contributed by atoms with van der Waals surface area (Å²) < 4.78 is 72.3. The highest BCUT2D eigenvalue weighted by Crippen LogP contribution is 2.46. The third-order valence-electron chi connectivity index (χ3n) is 2.26. The van der Waals surface area contributed by atoms with E-state index in [-0.39, 0.29) is 0 Å². The van der Waals surface area contributed by atoms with Gasteiger partial charge in [0, 0.05) is 6.04 Å². The molecular formula is C7H9F6N. The molecule has 1 aliphatic carbocycles. The first-order valence-electron chi connectivity index (χ1n) is 4.03. The normalized spacial score (nSPS) is 21.4. The van der Waals surface area contributed by atoms with Crippen LogP contribution >= 0.6 is 0 Å². The molecule has 0 bridgehead atoms. The maximum absolute atomic E-state index is 12.1. The lowest BCUT2D eigenvalue weighted by molar-refractivity contribution is -0.290. The molecule has 0 aromatic rings. The number of hydrogen-bond acceptors (Lipinski definition) is 1. The molecule has 0 aliphatic heterocycles. The quantitative estimate of drug-likeness (QED) is 0.712. The minimum absolute atomic E-state index is 0.351. The Hall–Kier alpha value is -0.460. The van der Waals surface area contributed by atoms with E-state index in [1.54, 1.807) is 0 Å². The number of halogens is 6. The van der Waals surface area contributed by atoms with Gasteiger partial charge in [-0.3, -0.25) is 0 Å². The van der Waals surface area contributed by atoms with E-state index in [0.29, 0.717) is 12.8 Å². The average molecular weight is 221 g/mol. The number of nitrogens with two attached hydrogens (primary N) is 1. The standard InChI is InChI=1S/C7H9F6N/c8-6(9,10)5(7(11,12)13)4(14)3-1-2-3/h3-5H,1-2,14H2. The summed E-state index contributed by atoms with van der Waals surface area (Å²) in [5.41, 5.74) is 4.96. The molecule has 0 radical (unpaired) electrons. The molecule has 1 nitrogen and oxygen atoms in total. The SMILES string of the molecule is NC(C1CC1)C(C(F)(F)F)C(F)(F)F. The second kappa shape index (κ2) is 3.29. The van der Waals surface area contributed by atoms with Crippen molar-refractivity contribution in [2.24, 2.45) is 17.6 Å². The summed E-state index contributed by atoms with van der Waals surface area (Å²) in [7, 11) is 0. The van der Waals surface area contributed by atoms with Gasteiger partial charge in [0.05, 0.1) is 0 Å². The molecule has 1 rings (SSSR count). The summed E-state index contributed by atoms with van der Waals surface area (Å²) in [5, 5.41) is 0. The van der Waals surface area contributed by atoms with Crippen LogP contribution < -0.4 is 5.73 Å². The topological polar surface area (TPSA) is 26.0 Å². The Morgan fingerprint density at radius 1 is 0.929 bits per heavy atom. The number of alkyl halides is 6. The molecule has 0 aromatic carbocycles. The monoisotopic (exact) mass is 221 g/mol. The van der Waals surface area contributed by atoms with Gasteiger partial charge >= 0.3 is 12.4 Å². The summed E-state index contributed by atoms with van der Waals surface area (Å²) in [4.78, 5) is 0. The van der Waals surface area contributed by atoms with Crippen LogP contribution in [-0.2, 0) is 0 Å². The van der Waals surface area contributed by atoms with Crippen LogP contribution in [0.5, 0.6) is 0 Å². The first-order valence-corrected chi connectivity index (χ1v) is 4.03. The van der Waals surface area contributed by atoms with Crippen LogP contribution in [-0.4, -0.2) is 18.4 Å². The van der Waals surface area contributed by atoms with Crippen LogP contribution in [0.2, 0.25) is 0 Å². The minimum Gasteiger partial charge on any atom is -0.327 e. The molecule has 84 valence electrons. The first kappa shape index (κ1) is 11.6. The van der Waals surface area contributed by atoms with Crippen LogP contribution in [0, 0.1) is 11.8 Å². The fraction of sp³-hybridized carbons (Fsp3) is 1.00.